The number of aliphatic imine (C=N–C) groups is 1. The lowest BCUT2D eigenvalue weighted by molar-refractivity contribution is 0.607. The predicted molar refractivity (Wildman–Crippen MR) is 54.7 cm³/mol. The van der Waals surface area contributed by atoms with E-state index in [1.54, 1.807) is 0 Å². The summed E-state index contributed by atoms with van der Waals surface area (Å²) in [6.45, 7) is 6.36. The van der Waals surface area contributed by atoms with Crippen LogP contribution in [0.2, 0.25) is 0 Å². The summed E-state index contributed by atoms with van der Waals surface area (Å²) in [5, 5.41) is 0. The molecule has 0 bridgehead atoms. The van der Waals surface area contributed by atoms with Crippen LogP contribution in [0.15, 0.2) is 29.3 Å². The van der Waals surface area contributed by atoms with Gasteiger partial charge in [-0.3, -0.25) is 4.99 Å². The molecule has 1 heterocycles. The van der Waals surface area contributed by atoms with Crippen molar-refractivity contribution < 1.29 is 0 Å². The first-order chi connectivity index (χ1) is 5.70. The van der Waals surface area contributed by atoms with Gasteiger partial charge in [0.25, 0.3) is 0 Å². The average Bonchev–Trinajstić information content (AvgIpc) is 2.45. The van der Waals surface area contributed by atoms with Crippen molar-refractivity contribution in [1.82, 2.24) is 0 Å². The van der Waals surface area contributed by atoms with Gasteiger partial charge in [-0.15, -0.1) is 0 Å². The SMILES string of the molecule is C/C=C/CC1(C)C=CC(CC)=N1. The summed E-state index contributed by atoms with van der Waals surface area (Å²) in [6.07, 6.45) is 10.7. The maximum atomic E-state index is 4.63. The minimum absolute atomic E-state index is 0.0395. The van der Waals surface area contributed by atoms with Crippen LogP contribution in [0.1, 0.15) is 33.6 Å². The smallest absolute Gasteiger partial charge is 0.0800 e. The summed E-state index contributed by atoms with van der Waals surface area (Å²) in [6, 6.07) is 0. The van der Waals surface area contributed by atoms with Crippen molar-refractivity contribution in [2.45, 2.75) is 39.2 Å². The molecular formula is C11H17N. The van der Waals surface area contributed by atoms with Crippen LogP contribution in [0, 0.1) is 0 Å². The molecule has 12 heavy (non-hydrogen) atoms. The minimum atomic E-state index is 0.0395. The van der Waals surface area contributed by atoms with Gasteiger partial charge in [0, 0.05) is 5.71 Å². The second-order valence-corrected chi connectivity index (χ2v) is 3.42. The zero-order chi connectivity index (χ0) is 9.03. The molecule has 1 heteroatoms. The lowest BCUT2D eigenvalue weighted by atomic mass is 10.00. The first-order valence-corrected chi connectivity index (χ1v) is 4.59. The number of nitrogens with zero attached hydrogens (tertiary/aromatic N) is 1. The molecule has 0 saturated heterocycles. The highest BCUT2D eigenvalue weighted by Gasteiger charge is 2.21. The van der Waals surface area contributed by atoms with Crippen molar-refractivity contribution in [3.8, 4) is 0 Å². The Morgan fingerprint density at radius 2 is 2.33 bits per heavy atom. The van der Waals surface area contributed by atoms with E-state index in [9.17, 15) is 0 Å². The van der Waals surface area contributed by atoms with Crippen molar-refractivity contribution >= 4 is 5.71 Å². The third kappa shape index (κ3) is 2.07. The molecule has 0 aromatic rings. The summed E-state index contributed by atoms with van der Waals surface area (Å²) >= 11 is 0. The van der Waals surface area contributed by atoms with Crippen LogP contribution in [-0.4, -0.2) is 11.3 Å². The van der Waals surface area contributed by atoms with Gasteiger partial charge in [0.05, 0.1) is 5.54 Å². The maximum Gasteiger partial charge on any atom is 0.0800 e. The van der Waals surface area contributed by atoms with Gasteiger partial charge >= 0.3 is 0 Å². The van der Waals surface area contributed by atoms with E-state index in [-0.39, 0.29) is 5.54 Å². The number of allylic oxidation sites excluding steroid dienone is 2. The van der Waals surface area contributed by atoms with Gasteiger partial charge in [0.2, 0.25) is 0 Å². The van der Waals surface area contributed by atoms with E-state index < -0.39 is 0 Å². The monoisotopic (exact) mass is 163 g/mol. The molecule has 1 aliphatic heterocycles. The highest BCUT2D eigenvalue weighted by Crippen LogP contribution is 2.23. The third-order valence-corrected chi connectivity index (χ3v) is 2.16. The fraction of sp³-hybridized carbons (Fsp3) is 0.545. The summed E-state index contributed by atoms with van der Waals surface area (Å²) in [5.41, 5.74) is 1.26. The fourth-order valence-corrected chi connectivity index (χ4v) is 1.35. The normalized spacial score (nSPS) is 28.4. The van der Waals surface area contributed by atoms with Crippen molar-refractivity contribution in [2.24, 2.45) is 4.99 Å². The molecule has 1 unspecified atom stereocenters. The molecule has 0 aromatic heterocycles. The fourth-order valence-electron chi connectivity index (χ4n) is 1.35. The first-order valence-electron chi connectivity index (χ1n) is 4.59. The topological polar surface area (TPSA) is 12.4 Å². The van der Waals surface area contributed by atoms with E-state index in [0.717, 1.165) is 12.8 Å². The second-order valence-electron chi connectivity index (χ2n) is 3.42. The van der Waals surface area contributed by atoms with Gasteiger partial charge in [-0.2, -0.15) is 0 Å². The second kappa shape index (κ2) is 3.70. The summed E-state index contributed by atoms with van der Waals surface area (Å²) < 4.78 is 0. The van der Waals surface area contributed by atoms with Gasteiger partial charge in [-0.1, -0.05) is 25.2 Å². The molecule has 1 rings (SSSR count). The van der Waals surface area contributed by atoms with E-state index >= 15 is 0 Å². The van der Waals surface area contributed by atoms with Gasteiger partial charge < -0.3 is 0 Å². The summed E-state index contributed by atoms with van der Waals surface area (Å²) in [5.74, 6) is 0. The molecule has 1 nitrogen and oxygen atoms in total. The largest absolute Gasteiger partial charge is 0.279 e. The third-order valence-electron chi connectivity index (χ3n) is 2.16. The first kappa shape index (κ1) is 9.24. The van der Waals surface area contributed by atoms with Crippen LogP contribution in [0.25, 0.3) is 0 Å². The average molecular weight is 163 g/mol. The lowest BCUT2D eigenvalue weighted by Gasteiger charge is -2.15. The Bertz CT molecular complexity index is 235. The van der Waals surface area contributed by atoms with Crippen molar-refractivity contribution in [3.63, 3.8) is 0 Å². The van der Waals surface area contributed by atoms with Crippen LogP contribution in [-0.2, 0) is 0 Å². The Hall–Kier alpha value is -0.850. The van der Waals surface area contributed by atoms with Crippen molar-refractivity contribution in [1.29, 1.82) is 0 Å². The zero-order valence-corrected chi connectivity index (χ0v) is 8.17. The number of hydrogen-bond acceptors (Lipinski definition) is 1. The molecule has 66 valence electrons. The van der Waals surface area contributed by atoms with Gasteiger partial charge in [-0.05, 0) is 32.8 Å². The number of hydrogen-bond donors (Lipinski definition) is 0. The van der Waals surface area contributed by atoms with Crippen LogP contribution in [0.4, 0.5) is 0 Å². The number of rotatable bonds is 3. The lowest BCUT2D eigenvalue weighted by Crippen LogP contribution is -2.14. The quantitative estimate of drug-likeness (QED) is 0.567. The molecule has 1 aliphatic rings. The highest BCUT2D eigenvalue weighted by atomic mass is 14.9. The van der Waals surface area contributed by atoms with Crippen LogP contribution in [0.3, 0.4) is 0 Å². The molecule has 0 radical (unpaired) electrons. The van der Waals surface area contributed by atoms with Gasteiger partial charge in [0.1, 0.15) is 0 Å². The van der Waals surface area contributed by atoms with Crippen molar-refractivity contribution in [2.75, 3.05) is 0 Å². The van der Waals surface area contributed by atoms with E-state index in [4.69, 9.17) is 0 Å². The predicted octanol–water partition coefficient (Wildman–Crippen LogP) is 3.13. The molecule has 1 atom stereocenters. The summed E-state index contributed by atoms with van der Waals surface area (Å²) in [4.78, 5) is 4.63. The molecule has 0 aliphatic carbocycles. The Balaban J connectivity index is 2.64. The van der Waals surface area contributed by atoms with Gasteiger partial charge in [0.15, 0.2) is 0 Å². The maximum absolute atomic E-state index is 4.63. The van der Waals surface area contributed by atoms with Crippen LogP contribution < -0.4 is 0 Å². The molecule has 0 saturated carbocycles. The van der Waals surface area contributed by atoms with Crippen molar-refractivity contribution in [3.05, 3.63) is 24.3 Å². The van der Waals surface area contributed by atoms with E-state index in [0.29, 0.717) is 0 Å². The Morgan fingerprint density at radius 3 is 2.83 bits per heavy atom. The molecule has 0 amide bonds. The zero-order valence-electron chi connectivity index (χ0n) is 8.17. The van der Waals surface area contributed by atoms with Gasteiger partial charge in [-0.25, -0.2) is 0 Å². The van der Waals surface area contributed by atoms with E-state index in [2.05, 4.69) is 43.1 Å². The highest BCUT2D eigenvalue weighted by molar-refractivity contribution is 5.97. The van der Waals surface area contributed by atoms with Crippen LogP contribution >= 0.6 is 0 Å². The molecule has 0 aromatic carbocycles. The molecule has 0 spiro atoms. The summed E-state index contributed by atoms with van der Waals surface area (Å²) in [7, 11) is 0. The minimum Gasteiger partial charge on any atom is -0.279 e. The molecular weight excluding hydrogens is 146 g/mol. The molecule has 0 N–H and O–H groups in total. The Labute approximate surface area is 74.9 Å². The Kier molecular flexibility index (Phi) is 2.85. The van der Waals surface area contributed by atoms with E-state index in [1.807, 2.05) is 6.92 Å². The molecule has 0 fully saturated rings. The Morgan fingerprint density at radius 1 is 1.58 bits per heavy atom. The van der Waals surface area contributed by atoms with Crippen LogP contribution in [0.5, 0.6) is 0 Å². The standard InChI is InChI=1S/C11H17N/c1-4-6-8-11(3)9-7-10(5-2)12-11/h4,6-7,9H,5,8H2,1-3H3/b6-4+. The van der Waals surface area contributed by atoms with E-state index in [1.165, 1.54) is 5.71 Å².